The van der Waals surface area contributed by atoms with Crippen LogP contribution in [0.1, 0.15) is 11.1 Å². The van der Waals surface area contributed by atoms with Gasteiger partial charge in [0, 0.05) is 12.4 Å². The Morgan fingerprint density at radius 1 is 1.20 bits per heavy atom. The van der Waals surface area contributed by atoms with Gasteiger partial charge in [-0.1, -0.05) is 12.1 Å². The van der Waals surface area contributed by atoms with E-state index in [4.69, 9.17) is 0 Å². The van der Waals surface area contributed by atoms with E-state index in [9.17, 15) is 0 Å². The van der Waals surface area contributed by atoms with Crippen molar-refractivity contribution in [1.82, 2.24) is 9.97 Å². The van der Waals surface area contributed by atoms with Crippen LogP contribution < -0.4 is 0 Å². The highest BCUT2D eigenvalue weighted by atomic mass is 15.2. The van der Waals surface area contributed by atoms with E-state index in [0.717, 1.165) is 11.3 Å². The third kappa shape index (κ3) is 2.10. The molecular weight excluding hydrogens is 188 g/mol. The molecule has 0 unspecified atom stereocenters. The van der Waals surface area contributed by atoms with E-state index in [0.29, 0.717) is 5.95 Å². The van der Waals surface area contributed by atoms with Crippen molar-refractivity contribution in [3.8, 4) is 0 Å². The lowest BCUT2D eigenvalue weighted by atomic mass is 10.1. The van der Waals surface area contributed by atoms with E-state index in [-0.39, 0.29) is 0 Å². The number of rotatable bonds is 2. The van der Waals surface area contributed by atoms with Crippen molar-refractivity contribution in [3.05, 3.63) is 41.7 Å². The SMILES string of the molecule is Cc1cccc(N=Nc2ncc[nH]2)c1C. The van der Waals surface area contributed by atoms with Crippen LogP contribution in [0, 0.1) is 13.8 Å². The summed E-state index contributed by atoms with van der Waals surface area (Å²) >= 11 is 0. The number of azo groups is 1. The molecule has 0 aliphatic carbocycles. The summed E-state index contributed by atoms with van der Waals surface area (Å²) in [6.07, 6.45) is 3.37. The Morgan fingerprint density at radius 2 is 2.07 bits per heavy atom. The average Bonchev–Trinajstić information content (AvgIpc) is 2.73. The van der Waals surface area contributed by atoms with Gasteiger partial charge < -0.3 is 4.98 Å². The van der Waals surface area contributed by atoms with Crippen molar-refractivity contribution in [3.63, 3.8) is 0 Å². The molecule has 1 N–H and O–H groups in total. The second-order valence-corrected chi connectivity index (χ2v) is 3.33. The van der Waals surface area contributed by atoms with Crippen molar-refractivity contribution >= 4 is 11.6 Å². The maximum atomic E-state index is 4.14. The smallest absolute Gasteiger partial charge is 0.246 e. The van der Waals surface area contributed by atoms with Crippen LogP contribution in [0.15, 0.2) is 40.8 Å². The van der Waals surface area contributed by atoms with Crippen LogP contribution in [0.5, 0.6) is 0 Å². The third-order valence-corrected chi connectivity index (χ3v) is 2.31. The molecule has 4 heteroatoms. The first-order chi connectivity index (χ1) is 7.27. The summed E-state index contributed by atoms with van der Waals surface area (Å²) in [5, 5.41) is 8.14. The number of aryl methyl sites for hydroxylation is 1. The fourth-order valence-corrected chi connectivity index (χ4v) is 1.26. The first-order valence-electron chi connectivity index (χ1n) is 4.75. The van der Waals surface area contributed by atoms with Crippen molar-refractivity contribution in [2.75, 3.05) is 0 Å². The molecule has 0 aliphatic heterocycles. The molecule has 4 nitrogen and oxygen atoms in total. The normalized spacial score (nSPS) is 11.1. The number of benzene rings is 1. The topological polar surface area (TPSA) is 53.4 Å². The van der Waals surface area contributed by atoms with Gasteiger partial charge in [0.15, 0.2) is 0 Å². The Kier molecular flexibility index (Phi) is 2.58. The minimum atomic E-state index is 0.524. The number of imidazole rings is 1. The summed E-state index contributed by atoms with van der Waals surface area (Å²) in [6.45, 7) is 4.09. The molecule has 0 bridgehead atoms. The Morgan fingerprint density at radius 3 is 2.80 bits per heavy atom. The average molecular weight is 200 g/mol. The second kappa shape index (κ2) is 4.04. The monoisotopic (exact) mass is 200 g/mol. The lowest BCUT2D eigenvalue weighted by Crippen LogP contribution is -1.79. The van der Waals surface area contributed by atoms with Gasteiger partial charge in [-0.2, -0.15) is 0 Å². The number of hydrogen-bond donors (Lipinski definition) is 1. The molecule has 2 rings (SSSR count). The molecule has 0 atom stereocenters. The van der Waals surface area contributed by atoms with Gasteiger partial charge >= 0.3 is 0 Å². The van der Waals surface area contributed by atoms with Crippen LogP contribution in [0.25, 0.3) is 0 Å². The zero-order chi connectivity index (χ0) is 10.7. The number of hydrogen-bond acceptors (Lipinski definition) is 3. The van der Waals surface area contributed by atoms with Gasteiger partial charge in [0.1, 0.15) is 0 Å². The summed E-state index contributed by atoms with van der Waals surface area (Å²) in [5.74, 6) is 0.524. The molecule has 2 aromatic rings. The van der Waals surface area contributed by atoms with Crippen LogP contribution >= 0.6 is 0 Å². The number of H-pyrrole nitrogens is 1. The fourth-order valence-electron chi connectivity index (χ4n) is 1.26. The fraction of sp³-hybridized carbons (Fsp3) is 0.182. The molecule has 0 radical (unpaired) electrons. The molecule has 0 saturated carbocycles. The number of aromatic nitrogens is 2. The van der Waals surface area contributed by atoms with Crippen LogP contribution in [0.4, 0.5) is 11.6 Å². The molecule has 1 aromatic heterocycles. The molecular formula is C11H12N4. The largest absolute Gasteiger partial charge is 0.328 e. The lowest BCUT2D eigenvalue weighted by molar-refractivity contribution is 1.11. The summed E-state index contributed by atoms with van der Waals surface area (Å²) in [6, 6.07) is 5.97. The summed E-state index contributed by atoms with van der Waals surface area (Å²) in [5.41, 5.74) is 3.24. The van der Waals surface area contributed by atoms with E-state index in [2.05, 4.69) is 33.2 Å². The number of nitrogens with zero attached hydrogens (tertiary/aromatic N) is 3. The highest BCUT2D eigenvalue weighted by molar-refractivity contribution is 5.48. The van der Waals surface area contributed by atoms with Gasteiger partial charge in [0.2, 0.25) is 5.95 Å². The minimum Gasteiger partial charge on any atom is -0.328 e. The molecule has 0 saturated heterocycles. The Labute approximate surface area is 88.1 Å². The van der Waals surface area contributed by atoms with E-state index in [1.54, 1.807) is 12.4 Å². The molecule has 76 valence electrons. The van der Waals surface area contributed by atoms with Gasteiger partial charge in [0.25, 0.3) is 0 Å². The van der Waals surface area contributed by atoms with Crippen LogP contribution in [0.2, 0.25) is 0 Å². The molecule has 0 fully saturated rings. The minimum absolute atomic E-state index is 0.524. The van der Waals surface area contributed by atoms with E-state index < -0.39 is 0 Å². The van der Waals surface area contributed by atoms with Crippen LogP contribution in [-0.2, 0) is 0 Å². The predicted molar refractivity (Wildman–Crippen MR) is 58.7 cm³/mol. The standard InChI is InChI=1S/C11H12N4/c1-8-4-3-5-10(9(8)2)14-15-11-12-6-7-13-11/h3-7H,1-2H3,(H,12,13). The maximum absolute atomic E-state index is 4.14. The second-order valence-electron chi connectivity index (χ2n) is 3.33. The molecule has 0 amide bonds. The first kappa shape index (κ1) is 9.58. The van der Waals surface area contributed by atoms with Crippen LogP contribution in [0.3, 0.4) is 0 Å². The molecule has 0 spiro atoms. The van der Waals surface area contributed by atoms with Gasteiger partial charge in [0.05, 0.1) is 5.69 Å². The quantitative estimate of drug-likeness (QED) is 0.741. The number of nitrogens with one attached hydrogen (secondary N) is 1. The van der Waals surface area contributed by atoms with Gasteiger partial charge in [-0.05, 0) is 31.0 Å². The Balaban J connectivity index is 2.28. The summed E-state index contributed by atoms with van der Waals surface area (Å²) in [7, 11) is 0. The van der Waals surface area contributed by atoms with E-state index in [1.165, 1.54) is 5.56 Å². The zero-order valence-corrected chi connectivity index (χ0v) is 8.73. The Hall–Kier alpha value is -1.97. The van der Waals surface area contributed by atoms with Gasteiger partial charge in [-0.15, -0.1) is 10.2 Å². The number of aromatic amines is 1. The van der Waals surface area contributed by atoms with Gasteiger partial charge in [-0.25, -0.2) is 4.98 Å². The molecule has 1 heterocycles. The van der Waals surface area contributed by atoms with Crippen LogP contribution in [-0.4, -0.2) is 9.97 Å². The van der Waals surface area contributed by atoms with E-state index >= 15 is 0 Å². The van der Waals surface area contributed by atoms with E-state index in [1.807, 2.05) is 19.1 Å². The summed E-state index contributed by atoms with van der Waals surface area (Å²) < 4.78 is 0. The maximum Gasteiger partial charge on any atom is 0.246 e. The zero-order valence-electron chi connectivity index (χ0n) is 8.73. The predicted octanol–water partition coefficient (Wildman–Crippen LogP) is 3.44. The van der Waals surface area contributed by atoms with Crippen molar-refractivity contribution in [2.24, 2.45) is 10.2 Å². The lowest BCUT2D eigenvalue weighted by Gasteiger charge is -2.01. The highest BCUT2D eigenvalue weighted by Crippen LogP contribution is 2.22. The first-order valence-corrected chi connectivity index (χ1v) is 4.75. The summed E-state index contributed by atoms with van der Waals surface area (Å²) in [4.78, 5) is 6.84. The molecule has 0 aliphatic rings. The molecule has 1 aromatic carbocycles. The Bertz CT molecular complexity index is 471. The van der Waals surface area contributed by atoms with Gasteiger partial charge in [-0.3, -0.25) is 0 Å². The highest BCUT2D eigenvalue weighted by Gasteiger charge is 1.98. The van der Waals surface area contributed by atoms with Crippen molar-refractivity contribution in [1.29, 1.82) is 0 Å². The third-order valence-electron chi connectivity index (χ3n) is 2.31. The van der Waals surface area contributed by atoms with Crippen molar-refractivity contribution < 1.29 is 0 Å². The molecule has 15 heavy (non-hydrogen) atoms. The van der Waals surface area contributed by atoms with Crippen molar-refractivity contribution in [2.45, 2.75) is 13.8 Å².